The summed E-state index contributed by atoms with van der Waals surface area (Å²) in [4.78, 5) is 17.1. The molecule has 0 saturated heterocycles. The van der Waals surface area contributed by atoms with Crippen LogP contribution in [0.3, 0.4) is 0 Å². The summed E-state index contributed by atoms with van der Waals surface area (Å²) in [5, 5.41) is 2.91. The van der Waals surface area contributed by atoms with E-state index in [1.807, 2.05) is 74.5 Å². The van der Waals surface area contributed by atoms with E-state index in [0.29, 0.717) is 11.3 Å². The van der Waals surface area contributed by atoms with Gasteiger partial charge in [0.15, 0.2) is 0 Å². The molecule has 0 spiro atoms. The van der Waals surface area contributed by atoms with Gasteiger partial charge in [-0.25, -0.2) is 0 Å². The second-order valence-electron chi connectivity index (χ2n) is 5.88. The summed E-state index contributed by atoms with van der Waals surface area (Å²) in [6.07, 6.45) is 0. The monoisotopic (exact) mass is 332 g/mol. The number of hydrogen-bond acceptors (Lipinski definition) is 3. The van der Waals surface area contributed by atoms with Crippen molar-refractivity contribution in [2.24, 2.45) is 0 Å². The van der Waals surface area contributed by atoms with E-state index in [1.54, 1.807) is 7.11 Å². The van der Waals surface area contributed by atoms with Gasteiger partial charge in [0.25, 0.3) is 5.91 Å². The number of pyridine rings is 1. The number of carbonyl (C=O) groups excluding carboxylic acids is 1. The Morgan fingerprint density at radius 1 is 0.920 bits per heavy atom. The Balaban J connectivity index is 1.81. The number of nitrogens with one attached hydrogen (secondary N) is 1. The zero-order valence-electron chi connectivity index (χ0n) is 14.5. The molecule has 0 aliphatic heterocycles. The van der Waals surface area contributed by atoms with Gasteiger partial charge in [0.2, 0.25) is 0 Å². The molecule has 25 heavy (non-hydrogen) atoms. The van der Waals surface area contributed by atoms with Gasteiger partial charge < -0.3 is 10.1 Å². The Bertz CT molecular complexity index is 885. The largest absolute Gasteiger partial charge is 0.497 e. The molecule has 3 rings (SSSR count). The van der Waals surface area contributed by atoms with E-state index in [0.717, 1.165) is 28.3 Å². The maximum absolute atomic E-state index is 12.5. The number of carbonyl (C=O) groups is 1. The lowest BCUT2D eigenvalue weighted by Gasteiger charge is -2.10. The van der Waals surface area contributed by atoms with Crippen molar-refractivity contribution >= 4 is 11.6 Å². The van der Waals surface area contributed by atoms with Crippen LogP contribution in [0.25, 0.3) is 11.3 Å². The van der Waals surface area contributed by atoms with Gasteiger partial charge in [-0.15, -0.1) is 0 Å². The number of aromatic nitrogens is 1. The lowest BCUT2D eigenvalue weighted by Crippen LogP contribution is -2.14. The molecule has 4 heteroatoms. The SMILES string of the molecule is COc1ccc(-c2ccc(C(=O)Nc3ccc(C)cc3)c(C)n2)cc1. The standard InChI is InChI=1S/C21H20N2O2/c1-14-4-8-17(9-5-14)23-21(24)19-12-13-20(22-15(19)2)16-6-10-18(25-3)11-7-16/h4-13H,1-3H3,(H,23,24). The van der Waals surface area contributed by atoms with Crippen molar-refractivity contribution in [3.63, 3.8) is 0 Å². The molecule has 2 aromatic carbocycles. The highest BCUT2D eigenvalue weighted by atomic mass is 16.5. The summed E-state index contributed by atoms with van der Waals surface area (Å²) < 4.78 is 5.17. The molecular weight excluding hydrogens is 312 g/mol. The van der Waals surface area contributed by atoms with E-state index >= 15 is 0 Å². The van der Waals surface area contributed by atoms with Crippen LogP contribution in [0.5, 0.6) is 5.75 Å². The molecule has 0 aliphatic carbocycles. The maximum Gasteiger partial charge on any atom is 0.257 e. The zero-order chi connectivity index (χ0) is 17.8. The topological polar surface area (TPSA) is 51.2 Å². The number of amides is 1. The number of rotatable bonds is 4. The predicted octanol–water partition coefficient (Wildman–Crippen LogP) is 4.63. The molecule has 0 saturated carbocycles. The summed E-state index contributed by atoms with van der Waals surface area (Å²) in [7, 11) is 1.64. The number of aryl methyl sites for hydroxylation is 2. The van der Waals surface area contributed by atoms with Crippen LogP contribution in [0.2, 0.25) is 0 Å². The van der Waals surface area contributed by atoms with Crippen molar-refractivity contribution in [3.05, 3.63) is 77.5 Å². The van der Waals surface area contributed by atoms with Gasteiger partial charge in [0.1, 0.15) is 5.75 Å². The van der Waals surface area contributed by atoms with Crippen LogP contribution < -0.4 is 10.1 Å². The Kier molecular flexibility index (Phi) is 4.80. The first-order chi connectivity index (χ1) is 12.1. The van der Waals surface area contributed by atoms with Gasteiger partial charge >= 0.3 is 0 Å². The molecule has 4 nitrogen and oxygen atoms in total. The third-order valence-corrected chi connectivity index (χ3v) is 4.03. The normalized spacial score (nSPS) is 10.4. The zero-order valence-corrected chi connectivity index (χ0v) is 14.5. The van der Waals surface area contributed by atoms with E-state index in [2.05, 4.69) is 10.3 Å². The molecule has 126 valence electrons. The summed E-state index contributed by atoms with van der Waals surface area (Å²) in [5.74, 6) is 0.643. The molecule has 3 aromatic rings. The molecule has 0 unspecified atom stereocenters. The fourth-order valence-electron chi connectivity index (χ4n) is 2.56. The Morgan fingerprint density at radius 3 is 2.20 bits per heavy atom. The molecule has 1 heterocycles. The summed E-state index contributed by atoms with van der Waals surface area (Å²) in [6, 6.07) is 19.1. The molecular formula is C21H20N2O2. The van der Waals surface area contributed by atoms with E-state index in [1.165, 1.54) is 0 Å². The third-order valence-electron chi connectivity index (χ3n) is 4.03. The number of methoxy groups -OCH3 is 1. The molecule has 0 fully saturated rings. The molecule has 0 bridgehead atoms. The average molecular weight is 332 g/mol. The van der Waals surface area contributed by atoms with Crippen molar-refractivity contribution in [1.82, 2.24) is 4.98 Å². The molecule has 0 atom stereocenters. The van der Waals surface area contributed by atoms with Gasteiger partial charge in [-0.05, 0) is 62.4 Å². The number of anilines is 1. The summed E-state index contributed by atoms with van der Waals surface area (Å²) >= 11 is 0. The summed E-state index contributed by atoms with van der Waals surface area (Å²) in [6.45, 7) is 3.86. The highest BCUT2D eigenvalue weighted by Crippen LogP contribution is 2.22. The van der Waals surface area contributed by atoms with Crippen LogP contribution in [0.4, 0.5) is 5.69 Å². The Morgan fingerprint density at radius 2 is 1.60 bits per heavy atom. The van der Waals surface area contributed by atoms with Gasteiger partial charge in [0, 0.05) is 11.3 Å². The van der Waals surface area contributed by atoms with Crippen LogP contribution >= 0.6 is 0 Å². The van der Waals surface area contributed by atoms with Gasteiger partial charge in [-0.1, -0.05) is 17.7 Å². The third kappa shape index (κ3) is 3.86. The van der Waals surface area contributed by atoms with E-state index < -0.39 is 0 Å². The minimum atomic E-state index is -0.157. The van der Waals surface area contributed by atoms with Crippen molar-refractivity contribution in [2.75, 3.05) is 12.4 Å². The van der Waals surface area contributed by atoms with Gasteiger partial charge in [-0.3, -0.25) is 9.78 Å². The second-order valence-corrected chi connectivity index (χ2v) is 5.88. The predicted molar refractivity (Wildman–Crippen MR) is 100 cm³/mol. The minimum absolute atomic E-state index is 0.157. The van der Waals surface area contributed by atoms with Crippen LogP contribution in [0, 0.1) is 13.8 Å². The fourth-order valence-corrected chi connectivity index (χ4v) is 2.56. The molecule has 1 aromatic heterocycles. The van der Waals surface area contributed by atoms with E-state index in [4.69, 9.17) is 4.74 Å². The molecule has 0 aliphatic rings. The highest BCUT2D eigenvalue weighted by molar-refractivity contribution is 6.05. The maximum atomic E-state index is 12.5. The van der Waals surface area contributed by atoms with Gasteiger partial charge in [0.05, 0.1) is 24.1 Å². The van der Waals surface area contributed by atoms with Gasteiger partial charge in [-0.2, -0.15) is 0 Å². The van der Waals surface area contributed by atoms with Crippen LogP contribution in [-0.4, -0.2) is 18.0 Å². The first-order valence-electron chi connectivity index (χ1n) is 8.07. The van der Waals surface area contributed by atoms with Crippen molar-refractivity contribution in [2.45, 2.75) is 13.8 Å². The average Bonchev–Trinajstić information content (AvgIpc) is 2.63. The first kappa shape index (κ1) is 16.7. The van der Waals surface area contributed by atoms with Crippen LogP contribution in [-0.2, 0) is 0 Å². The van der Waals surface area contributed by atoms with E-state index in [9.17, 15) is 4.79 Å². The number of hydrogen-bond donors (Lipinski definition) is 1. The second kappa shape index (κ2) is 7.18. The van der Waals surface area contributed by atoms with Crippen molar-refractivity contribution in [3.8, 4) is 17.0 Å². The first-order valence-corrected chi connectivity index (χ1v) is 8.07. The smallest absolute Gasteiger partial charge is 0.257 e. The van der Waals surface area contributed by atoms with Crippen molar-refractivity contribution < 1.29 is 9.53 Å². The minimum Gasteiger partial charge on any atom is -0.497 e. The van der Waals surface area contributed by atoms with Crippen LogP contribution in [0.1, 0.15) is 21.6 Å². The van der Waals surface area contributed by atoms with Crippen molar-refractivity contribution in [1.29, 1.82) is 0 Å². The molecule has 1 N–H and O–H groups in total. The lowest BCUT2D eigenvalue weighted by atomic mass is 10.1. The Labute approximate surface area is 147 Å². The van der Waals surface area contributed by atoms with E-state index in [-0.39, 0.29) is 5.91 Å². The quantitative estimate of drug-likeness (QED) is 0.758. The lowest BCUT2D eigenvalue weighted by molar-refractivity contribution is 0.102. The number of nitrogens with zero attached hydrogens (tertiary/aromatic N) is 1. The van der Waals surface area contributed by atoms with Crippen LogP contribution in [0.15, 0.2) is 60.7 Å². The number of benzene rings is 2. The Hall–Kier alpha value is -3.14. The highest BCUT2D eigenvalue weighted by Gasteiger charge is 2.12. The molecule has 1 amide bonds. The molecule has 0 radical (unpaired) electrons. The number of ether oxygens (including phenoxy) is 1. The fraction of sp³-hybridized carbons (Fsp3) is 0.143. The summed E-state index contributed by atoms with van der Waals surface area (Å²) in [5.41, 5.74) is 4.99.